The number of nitriles is 1. The van der Waals surface area contributed by atoms with Gasteiger partial charge in [0.2, 0.25) is 11.8 Å². The molecule has 0 aromatic carbocycles. The number of methoxy groups -OCH3 is 1. The largest absolute Gasteiger partial charge is 0.481 e. The Bertz CT molecular complexity index is 646. The lowest BCUT2D eigenvalue weighted by Gasteiger charge is -2.16. The van der Waals surface area contributed by atoms with Crippen molar-refractivity contribution < 1.29 is 4.74 Å². The number of nitrogens with zero attached hydrogens (tertiary/aromatic N) is 6. The van der Waals surface area contributed by atoms with Crippen LogP contribution in [0.4, 0.5) is 5.95 Å². The highest BCUT2D eigenvalue weighted by atomic mass is 16.5. The van der Waals surface area contributed by atoms with E-state index in [4.69, 9.17) is 10.00 Å². The summed E-state index contributed by atoms with van der Waals surface area (Å²) in [6, 6.07) is 4.06. The maximum Gasteiger partial charge on any atom is 0.228 e. The van der Waals surface area contributed by atoms with Crippen LogP contribution < -0.4 is 9.64 Å². The molecule has 7 nitrogen and oxygen atoms in total. The van der Waals surface area contributed by atoms with E-state index in [0.29, 0.717) is 17.4 Å². The van der Waals surface area contributed by atoms with E-state index >= 15 is 0 Å². The van der Waals surface area contributed by atoms with Gasteiger partial charge in [-0.1, -0.05) is 0 Å². The molecular weight excluding hydrogens is 256 g/mol. The topological polar surface area (TPSA) is 79.9 Å². The average molecular weight is 270 g/mol. The van der Waals surface area contributed by atoms with Gasteiger partial charge in [0.05, 0.1) is 24.9 Å². The van der Waals surface area contributed by atoms with Gasteiger partial charge in [0, 0.05) is 31.5 Å². The molecule has 20 heavy (non-hydrogen) atoms. The average Bonchev–Trinajstić information content (AvgIpc) is 3.15. The van der Waals surface area contributed by atoms with E-state index in [1.807, 2.05) is 4.68 Å². The van der Waals surface area contributed by atoms with Crippen molar-refractivity contribution in [1.82, 2.24) is 19.7 Å². The third-order valence-corrected chi connectivity index (χ3v) is 3.38. The third kappa shape index (κ3) is 2.28. The lowest BCUT2D eigenvalue weighted by Crippen LogP contribution is -2.23. The molecule has 0 saturated carbocycles. The van der Waals surface area contributed by atoms with Crippen LogP contribution in [0, 0.1) is 11.3 Å². The molecule has 2 aromatic heterocycles. The lowest BCUT2D eigenvalue weighted by molar-refractivity contribution is 0.396. The first-order valence-electron chi connectivity index (χ1n) is 6.36. The smallest absolute Gasteiger partial charge is 0.228 e. The minimum Gasteiger partial charge on any atom is -0.481 e. The van der Waals surface area contributed by atoms with E-state index in [-0.39, 0.29) is 6.04 Å². The molecule has 0 radical (unpaired) electrons. The number of ether oxygens (including phenoxy) is 1. The van der Waals surface area contributed by atoms with E-state index in [1.165, 1.54) is 0 Å². The van der Waals surface area contributed by atoms with Crippen molar-refractivity contribution in [2.75, 3.05) is 25.1 Å². The van der Waals surface area contributed by atoms with Crippen molar-refractivity contribution >= 4 is 5.95 Å². The maximum atomic E-state index is 8.83. The van der Waals surface area contributed by atoms with Crippen LogP contribution in [-0.2, 0) is 0 Å². The molecule has 0 bridgehead atoms. The van der Waals surface area contributed by atoms with E-state index < -0.39 is 0 Å². The number of rotatable bonds is 3. The molecule has 3 rings (SSSR count). The minimum atomic E-state index is 0.243. The Morgan fingerprint density at radius 1 is 1.50 bits per heavy atom. The van der Waals surface area contributed by atoms with Crippen LogP contribution in [0.2, 0.25) is 0 Å². The summed E-state index contributed by atoms with van der Waals surface area (Å²) in [5, 5.41) is 13.1. The molecule has 7 heteroatoms. The maximum absolute atomic E-state index is 8.83. The summed E-state index contributed by atoms with van der Waals surface area (Å²) >= 11 is 0. The van der Waals surface area contributed by atoms with E-state index in [1.54, 1.807) is 31.8 Å². The Labute approximate surface area is 116 Å². The summed E-state index contributed by atoms with van der Waals surface area (Å²) in [6.07, 6.45) is 6.01. The van der Waals surface area contributed by atoms with Gasteiger partial charge in [-0.2, -0.15) is 15.3 Å². The van der Waals surface area contributed by atoms with E-state index in [9.17, 15) is 0 Å². The molecule has 2 aromatic rings. The summed E-state index contributed by atoms with van der Waals surface area (Å²) in [6.45, 7) is 1.64. The molecule has 1 atom stereocenters. The van der Waals surface area contributed by atoms with Crippen LogP contribution in [0.3, 0.4) is 0 Å². The zero-order valence-corrected chi connectivity index (χ0v) is 11.1. The summed E-state index contributed by atoms with van der Waals surface area (Å²) < 4.78 is 6.96. The number of anilines is 1. The van der Waals surface area contributed by atoms with Crippen LogP contribution >= 0.6 is 0 Å². The number of aromatic nitrogens is 4. The van der Waals surface area contributed by atoms with Gasteiger partial charge in [0.15, 0.2) is 0 Å². The van der Waals surface area contributed by atoms with Gasteiger partial charge >= 0.3 is 0 Å². The molecule has 0 N–H and O–H groups in total. The zero-order chi connectivity index (χ0) is 13.9. The molecule has 0 amide bonds. The number of hydrogen-bond donors (Lipinski definition) is 0. The second-order valence-electron chi connectivity index (χ2n) is 4.61. The summed E-state index contributed by atoms with van der Waals surface area (Å²) in [7, 11) is 1.59. The summed E-state index contributed by atoms with van der Waals surface area (Å²) in [5.41, 5.74) is 0.584. The first kappa shape index (κ1) is 12.4. The molecule has 1 aliphatic heterocycles. The van der Waals surface area contributed by atoms with Crippen molar-refractivity contribution in [3.05, 3.63) is 30.2 Å². The van der Waals surface area contributed by atoms with Gasteiger partial charge in [-0.25, -0.2) is 4.98 Å². The van der Waals surface area contributed by atoms with Crippen molar-refractivity contribution in [2.45, 2.75) is 12.5 Å². The predicted molar refractivity (Wildman–Crippen MR) is 71.4 cm³/mol. The van der Waals surface area contributed by atoms with Gasteiger partial charge in [-0.3, -0.25) is 4.68 Å². The quantitative estimate of drug-likeness (QED) is 0.828. The van der Waals surface area contributed by atoms with Gasteiger partial charge in [0.25, 0.3) is 0 Å². The van der Waals surface area contributed by atoms with Crippen molar-refractivity contribution in [1.29, 1.82) is 5.26 Å². The minimum absolute atomic E-state index is 0.243. The highest BCUT2D eigenvalue weighted by Gasteiger charge is 2.26. The van der Waals surface area contributed by atoms with Crippen molar-refractivity contribution in [3.8, 4) is 11.9 Å². The Morgan fingerprint density at radius 2 is 2.40 bits per heavy atom. The summed E-state index contributed by atoms with van der Waals surface area (Å²) in [5.74, 6) is 1.23. The van der Waals surface area contributed by atoms with Crippen LogP contribution in [0.1, 0.15) is 18.0 Å². The molecular formula is C13H14N6O. The molecule has 0 aliphatic carbocycles. The van der Waals surface area contributed by atoms with Crippen LogP contribution in [0.15, 0.2) is 24.7 Å². The predicted octanol–water partition coefficient (Wildman–Crippen LogP) is 1.00. The molecule has 1 fully saturated rings. The Kier molecular flexibility index (Phi) is 3.21. The fourth-order valence-electron chi connectivity index (χ4n) is 2.33. The lowest BCUT2D eigenvalue weighted by atomic mass is 10.3. The molecule has 3 heterocycles. The van der Waals surface area contributed by atoms with Crippen LogP contribution in [0.5, 0.6) is 5.88 Å². The second kappa shape index (κ2) is 5.17. The molecule has 0 spiro atoms. The molecule has 102 valence electrons. The fourth-order valence-corrected chi connectivity index (χ4v) is 2.33. The Balaban J connectivity index is 1.74. The van der Waals surface area contributed by atoms with Gasteiger partial charge in [-0.05, 0) is 6.42 Å². The normalized spacial score (nSPS) is 18.0. The monoisotopic (exact) mass is 270 g/mol. The molecule has 1 unspecified atom stereocenters. The molecule has 1 aliphatic rings. The Hall–Kier alpha value is -2.62. The van der Waals surface area contributed by atoms with E-state index in [0.717, 1.165) is 19.5 Å². The van der Waals surface area contributed by atoms with Gasteiger partial charge in [-0.15, -0.1) is 0 Å². The first-order valence-corrected chi connectivity index (χ1v) is 6.36. The fraction of sp³-hybridized carbons (Fsp3) is 0.385. The second-order valence-corrected chi connectivity index (χ2v) is 4.61. The van der Waals surface area contributed by atoms with Crippen LogP contribution in [0.25, 0.3) is 0 Å². The first-order chi connectivity index (χ1) is 9.80. The third-order valence-electron chi connectivity index (χ3n) is 3.38. The zero-order valence-electron chi connectivity index (χ0n) is 11.1. The highest BCUT2D eigenvalue weighted by Crippen LogP contribution is 2.25. The SMILES string of the molecule is COc1ccnc(N2CCC(n3cc(C#N)cn3)C2)n1. The number of hydrogen-bond acceptors (Lipinski definition) is 6. The van der Waals surface area contributed by atoms with Crippen molar-refractivity contribution in [2.24, 2.45) is 0 Å². The molecule has 1 saturated heterocycles. The van der Waals surface area contributed by atoms with Crippen molar-refractivity contribution in [3.63, 3.8) is 0 Å². The Morgan fingerprint density at radius 3 is 3.15 bits per heavy atom. The standard InChI is InChI=1S/C13H14N6O/c1-20-12-2-4-15-13(17-12)18-5-3-11(9-18)19-8-10(6-14)7-16-19/h2,4,7-8,11H,3,5,9H2,1H3. The highest BCUT2D eigenvalue weighted by molar-refractivity contribution is 5.34. The van der Waals surface area contributed by atoms with Crippen LogP contribution in [-0.4, -0.2) is 39.9 Å². The van der Waals surface area contributed by atoms with E-state index in [2.05, 4.69) is 26.0 Å². The van der Waals surface area contributed by atoms with Gasteiger partial charge < -0.3 is 9.64 Å². The van der Waals surface area contributed by atoms with Gasteiger partial charge in [0.1, 0.15) is 6.07 Å². The summed E-state index contributed by atoms with van der Waals surface area (Å²) in [4.78, 5) is 10.7.